The maximum atomic E-state index is 14.2. The first-order chi connectivity index (χ1) is 9.54. The molecule has 0 aromatic heterocycles. The van der Waals surface area contributed by atoms with E-state index in [1.165, 1.54) is 0 Å². The van der Waals surface area contributed by atoms with Crippen LogP contribution >= 0.6 is 0 Å². The van der Waals surface area contributed by atoms with E-state index in [9.17, 15) is 8.78 Å². The number of hydrogen-bond donors (Lipinski definition) is 0. The van der Waals surface area contributed by atoms with Crippen molar-refractivity contribution in [3.05, 3.63) is 65.0 Å². The first kappa shape index (κ1) is 14.2. The van der Waals surface area contributed by atoms with Gasteiger partial charge in [-0.2, -0.15) is 0 Å². The van der Waals surface area contributed by atoms with E-state index in [0.29, 0.717) is 23.2 Å². The van der Waals surface area contributed by atoms with Crippen molar-refractivity contribution in [1.82, 2.24) is 0 Å². The molecule has 0 radical (unpaired) electrons. The monoisotopic (exact) mass is 271 g/mol. The van der Waals surface area contributed by atoms with Gasteiger partial charge >= 0.3 is 0 Å². The van der Waals surface area contributed by atoms with E-state index in [-0.39, 0.29) is 11.5 Å². The number of para-hydroxylation sites is 1. The molecule has 0 aliphatic carbocycles. The Morgan fingerprint density at radius 3 is 2.35 bits per heavy atom. The lowest BCUT2D eigenvalue weighted by molar-refractivity contribution is 0.492. The molecule has 2 rings (SSSR count). The van der Waals surface area contributed by atoms with Crippen molar-refractivity contribution in [1.29, 1.82) is 0 Å². The Morgan fingerprint density at radius 1 is 1.00 bits per heavy atom. The Bertz CT molecular complexity index is 669. The molecule has 0 atom stereocenters. The lowest BCUT2D eigenvalue weighted by Crippen LogP contribution is -2.01. The van der Waals surface area contributed by atoms with E-state index < -0.39 is 11.6 Å². The summed E-state index contributed by atoms with van der Waals surface area (Å²) in [6.45, 7) is 11.0. The number of halogens is 2. The first-order valence-corrected chi connectivity index (χ1v) is 6.48. The van der Waals surface area contributed by atoms with Crippen molar-refractivity contribution >= 4 is 5.69 Å². The van der Waals surface area contributed by atoms with Crippen molar-refractivity contribution in [2.24, 2.45) is 5.92 Å². The third-order valence-corrected chi connectivity index (χ3v) is 3.11. The van der Waals surface area contributed by atoms with Gasteiger partial charge in [-0.25, -0.2) is 13.6 Å². The fourth-order valence-corrected chi connectivity index (χ4v) is 2.19. The van der Waals surface area contributed by atoms with Gasteiger partial charge in [0, 0.05) is 5.56 Å². The highest BCUT2D eigenvalue weighted by Crippen LogP contribution is 2.33. The van der Waals surface area contributed by atoms with Gasteiger partial charge in [0.25, 0.3) is 0 Å². The average Bonchev–Trinajstić information content (AvgIpc) is 2.44. The van der Waals surface area contributed by atoms with Crippen LogP contribution in [0.15, 0.2) is 36.4 Å². The minimum atomic E-state index is -0.876. The number of rotatable bonds is 3. The molecule has 0 bridgehead atoms. The van der Waals surface area contributed by atoms with Gasteiger partial charge in [-0.1, -0.05) is 50.2 Å². The van der Waals surface area contributed by atoms with Crippen molar-refractivity contribution in [2.75, 3.05) is 0 Å². The lowest BCUT2D eigenvalue weighted by Gasteiger charge is -2.11. The predicted molar refractivity (Wildman–Crippen MR) is 76.6 cm³/mol. The summed E-state index contributed by atoms with van der Waals surface area (Å²) in [6.07, 6.45) is 0.494. The minimum Gasteiger partial charge on any atom is -0.238 e. The van der Waals surface area contributed by atoms with Gasteiger partial charge in [0.1, 0.15) is 0 Å². The molecule has 0 saturated heterocycles. The second kappa shape index (κ2) is 5.83. The molecular formula is C17H15F2N. The molecule has 0 unspecified atom stereocenters. The number of hydrogen-bond acceptors (Lipinski definition) is 0. The van der Waals surface area contributed by atoms with Crippen LogP contribution in [0.1, 0.15) is 19.4 Å². The van der Waals surface area contributed by atoms with E-state index in [2.05, 4.69) is 4.85 Å². The smallest absolute Gasteiger partial charge is 0.195 e. The summed E-state index contributed by atoms with van der Waals surface area (Å²) in [4.78, 5) is 3.35. The van der Waals surface area contributed by atoms with Gasteiger partial charge in [0.2, 0.25) is 0 Å². The molecule has 2 aromatic carbocycles. The van der Waals surface area contributed by atoms with Crippen LogP contribution in [-0.4, -0.2) is 0 Å². The standard InChI is InChI=1S/C17H15F2N/c1-11(2)10-12-8-9-14(17(19)16(12)18)13-6-4-5-7-15(13)20-3/h4-9,11H,10H2,1-2H3. The third-order valence-electron chi connectivity index (χ3n) is 3.11. The molecule has 0 heterocycles. The first-order valence-electron chi connectivity index (χ1n) is 6.48. The van der Waals surface area contributed by atoms with Gasteiger partial charge in [0.05, 0.1) is 6.57 Å². The Kier molecular flexibility index (Phi) is 4.14. The zero-order valence-electron chi connectivity index (χ0n) is 11.5. The molecule has 0 saturated carbocycles. The van der Waals surface area contributed by atoms with Crippen LogP contribution < -0.4 is 0 Å². The van der Waals surface area contributed by atoms with Gasteiger partial charge in [-0.05, 0) is 23.5 Å². The summed E-state index contributed by atoms with van der Waals surface area (Å²) < 4.78 is 28.3. The molecule has 0 amide bonds. The normalized spacial score (nSPS) is 10.6. The summed E-state index contributed by atoms with van der Waals surface area (Å²) in [5.74, 6) is -1.43. The maximum Gasteiger partial charge on any atom is 0.195 e. The summed E-state index contributed by atoms with van der Waals surface area (Å²) in [7, 11) is 0. The Morgan fingerprint density at radius 2 is 1.70 bits per heavy atom. The summed E-state index contributed by atoms with van der Waals surface area (Å²) in [6, 6.07) is 9.81. The number of nitrogens with zero attached hydrogens (tertiary/aromatic N) is 1. The van der Waals surface area contributed by atoms with Crippen LogP contribution in [-0.2, 0) is 6.42 Å². The predicted octanol–water partition coefficient (Wildman–Crippen LogP) is 5.38. The SMILES string of the molecule is [C-]#[N+]c1ccccc1-c1ccc(CC(C)C)c(F)c1F. The highest BCUT2D eigenvalue weighted by molar-refractivity contribution is 5.78. The Labute approximate surface area is 117 Å². The van der Waals surface area contributed by atoms with Crippen LogP contribution in [0.25, 0.3) is 16.0 Å². The van der Waals surface area contributed by atoms with E-state index in [1.54, 1.807) is 36.4 Å². The molecule has 0 N–H and O–H groups in total. The van der Waals surface area contributed by atoms with Crippen molar-refractivity contribution in [3.8, 4) is 11.1 Å². The summed E-state index contributed by atoms with van der Waals surface area (Å²) >= 11 is 0. The topological polar surface area (TPSA) is 4.36 Å². The van der Waals surface area contributed by atoms with Crippen LogP contribution in [0.4, 0.5) is 14.5 Å². The second-order valence-electron chi connectivity index (χ2n) is 5.13. The summed E-state index contributed by atoms with van der Waals surface area (Å²) in [5.41, 5.74) is 1.26. The molecule has 0 spiro atoms. The van der Waals surface area contributed by atoms with Crippen molar-refractivity contribution in [2.45, 2.75) is 20.3 Å². The minimum absolute atomic E-state index is 0.140. The number of benzene rings is 2. The third kappa shape index (κ3) is 2.70. The molecular weight excluding hydrogens is 256 g/mol. The second-order valence-corrected chi connectivity index (χ2v) is 5.13. The average molecular weight is 271 g/mol. The quantitative estimate of drug-likeness (QED) is 0.660. The van der Waals surface area contributed by atoms with Crippen LogP contribution in [0.3, 0.4) is 0 Å². The van der Waals surface area contributed by atoms with Crippen LogP contribution in [0, 0.1) is 24.1 Å². The fourth-order valence-electron chi connectivity index (χ4n) is 2.19. The van der Waals surface area contributed by atoms with E-state index in [4.69, 9.17) is 6.57 Å². The van der Waals surface area contributed by atoms with Gasteiger partial charge < -0.3 is 0 Å². The van der Waals surface area contributed by atoms with Gasteiger partial charge in [0.15, 0.2) is 17.3 Å². The van der Waals surface area contributed by atoms with Crippen molar-refractivity contribution < 1.29 is 8.78 Å². The largest absolute Gasteiger partial charge is 0.238 e. The summed E-state index contributed by atoms with van der Waals surface area (Å²) in [5, 5.41) is 0. The molecule has 102 valence electrons. The molecule has 1 nitrogen and oxygen atoms in total. The Hall–Kier alpha value is -2.21. The highest BCUT2D eigenvalue weighted by atomic mass is 19.2. The Balaban J connectivity index is 2.55. The highest BCUT2D eigenvalue weighted by Gasteiger charge is 2.17. The molecule has 0 aliphatic heterocycles. The molecule has 3 heteroatoms. The molecule has 20 heavy (non-hydrogen) atoms. The van der Waals surface area contributed by atoms with E-state index >= 15 is 0 Å². The molecule has 0 aliphatic rings. The van der Waals surface area contributed by atoms with E-state index in [0.717, 1.165) is 0 Å². The van der Waals surface area contributed by atoms with Crippen LogP contribution in [0.2, 0.25) is 0 Å². The maximum absolute atomic E-state index is 14.2. The zero-order chi connectivity index (χ0) is 14.7. The van der Waals surface area contributed by atoms with Gasteiger partial charge in [-0.3, -0.25) is 0 Å². The fraction of sp³-hybridized carbons (Fsp3) is 0.235. The van der Waals surface area contributed by atoms with Crippen molar-refractivity contribution in [3.63, 3.8) is 0 Å². The molecule has 2 aromatic rings. The van der Waals surface area contributed by atoms with E-state index in [1.807, 2.05) is 13.8 Å². The van der Waals surface area contributed by atoms with Crippen LogP contribution in [0.5, 0.6) is 0 Å². The lowest BCUT2D eigenvalue weighted by atomic mass is 9.97. The van der Waals surface area contributed by atoms with Gasteiger partial charge in [-0.15, -0.1) is 0 Å². The zero-order valence-corrected chi connectivity index (χ0v) is 11.5. The molecule has 0 fully saturated rings.